The van der Waals surface area contributed by atoms with E-state index in [1.807, 2.05) is 48.4 Å². The first kappa shape index (κ1) is 31.9. The predicted octanol–water partition coefficient (Wildman–Crippen LogP) is 5.56. The van der Waals surface area contributed by atoms with Crippen molar-refractivity contribution in [1.29, 1.82) is 5.26 Å². The van der Waals surface area contributed by atoms with Crippen LogP contribution in [-0.4, -0.2) is 58.9 Å². The predicted molar refractivity (Wildman–Crippen MR) is 176 cm³/mol. The number of rotatable bonds is 9. The van der Waals surface area contributed by atoms with E-state index in [1.165, 1.54) is 11.3 Å². The number of anilines is 2. The van der Waals surface area contributed by atoms with E-state index in [4.69, 9.17) is 5.26 Å². The molecule has 10 nitrogen and oxygen atoms in total. The monoisotopic (exact) mass is 635 g/mol. The minimum atomic E-state index is -1.04. The van der Waals surface area contributed by atoms with Crippen LogP contribution in [0.25, 0.3) is 0 Å². The van der Waals surface area contributed by atoms with Crippen molar-refractivity contribution in [1.82, 2.24) is 10.2 Å². The van der Waals surface area contributed by atoms with Gasteiger partial charge in [0.2, 0.25) is 0 Å². The SMILES string of the molecule is CC1CN(c2ccc(C(=O)NC(CC(=O)O)c3cccs3)cc2NC(=O)c2ccc(C#N)cc2)C(C)CN1C(=O)c1ccccc1. The lowest BCUT2D eigenvalue weighted by atomic mass is 10.0. The molecule has 3 atom stereocenters. The number of thiophene rings is 1. The summed E-state index contributed by atoms with van der Waals surface area (Å²) in [5, 5.41) is 26.2. The second-order valence-electron chi connectivity index (χ2n) is 11.2. The number of hydrogen-bond donors (Lipinski definition) is 3. The van der Waals surface area contributed by atoms with Crippen LogP contribution in [0.15, 0.2) is 90.3 Å². The van der Waals surface area contributed by atoms with Gasteiger partial charge in [-0.15, -0.1) is 11.3 Å². The third-order valence-corrected chi connectivity index (χ3v) is 8.92. The Labute approximate surface area is 270 Å². The van der Waals surface area contributed by atoms with Gasteiger partial charge in [-0.3, -0.25) is 19.2 Å². The van der Waals surface area contributed by atoms with Crippen LogP contribution in [0.1, 0.15) is 67.8 Å². The average Bonchev–Trinajstić information content (AvgIpc) is 3.61. The van der Waals surface area contributed by atoms with Crippen molar-refractivity contribution in [3.05, 3.63) is 117 Å². The number of nitrogens with one attached hydrogen (secondary N) is 2. The van der Waals surface area contributed by atoms with E-state index in [9.17, 15) is 24.3 Å². The first-order valence-electron chi connectivity index (χ1n) is 14.8. The summed E-state index contributed by atoms with van der Waals surface area (Å²) in [5.41, 5.74) is 2.66. The highest BCUT2D eigenvalue weighted by molar-refractivity contribution is 7.10. The smallest absolute Gasteiger partial charge is 0.305 e. The quantitative estimate of drug-likeness (QED) is 0.219. The number of carboxylic acids is 1. The molecule has 0 bridgehead atoms. The summed E-state index contributed by atoms with van der Waals surface area (Å²) in [6, 6.07) is 24.9. The number of piperazine rings is 1. The summed E-state index contributed by atoms with van der Waals surface area (Å²) >= 11 is 1.35. The molecule has 2 heterocycles. The molecule has 0 spiro atoms. The summed E-state index contributed by atoms with van der Waals surface area (Å²) in [7, 11) is 0. The van der Waals surface area contributed by atoms with Crippen LogP contribution in [-0.2, 0) is 4.79 Å². The standard InChI is InChI=1S/C35H33N5O5S/c1-22-21-40(35(45)26-7-4-3-5-8-26)23(2)20-39(22)30-15-14-27(34(44)38-29(18-32(41)42)31-9-6-16-46-31)17-28(30)37-33(43)25-12-10-24(19-36)11-13-25/h3-17,22-23,29H,18,20-21H2,1-2H3,(H,37,43)(H,38,44)(H,41,42). The molecule has 0 radical (unpaired) electrons. The largest absolute Gasteiger partial charge is 0.481 e. The van der Waals surface area contributed by atoms with Gasteiger partial charge in [0.15, 0.2) is 0 Å². The lowest BCUT2D eigenvalue weighted by Crippen LogP contribution is -2.58. The van der Waals surface area contributed by atoms with Gasteiger partial charge >= 0.3 is 5.97 Å². The zero-order valence-electron chi connectivity index (χ0n) is 25.3. The molecule has 0 saturated carbocycles. The molecular formula is C35H33N5O5S. The van der Waals surface area contributed by atoms with Gasteiger partial charge in [0, 0.05) is 46.7 Å². The third-order valence-electron chi connectivity index (χ3n) is 7.93. The number of carbonyl (C=O) groups excluding carboxylic acids is 3. The number of aliphatic carboxylic acids is 1. The number of amides is 3. The van der Waals surface area contributed by atoms with Crippen molar-refractivity contribution in [2.45, 2.75) is 38.4 Å². The Morgan fingerprint density at radius 3 is 2.26 bits per heavy atom. The maximum atomic E-state index is 13.5. The maximum absolute atomic E-state index is 13.5. The fourth-order valence-corrected chi connectivity index (χ4v) is 6.32. The molecule has 3 amide bonds. The Bertz CT molecular complexity index is 1770. The molecule has 1 saturated heterocycles. The van der Waals surface area contributed by atoms with Crippen molar-refractivity contribution in [3.63, 3.8) is 0 Å². The molecule has 1 aliphatic rings. The van der Waals surface area contributed by atoms with E-state index in [2.05, 4.69) is 15.5 Å². The highest BCUT2D eigenvalue weighted by Crippen LogP contribution is 2.33. The average molecular weight is 636 g/mol. The molecule has 1 fully saturated rings. The summed E-state index contributed by atoms with van der Waals surface area (Å²) in [6.07, 6.45) is -0.284. The number of benzene rings is 3. The van der Waals surface area contributed by atoms with E-state index >= 15 is 0 Å². The number of carboxylic acid groups (broad SMARTS) is 1. The van der Waals surface area contributed by atoms with Gasteiger partial charge in [0.05, 0.1) is 35.5 Å². The summed E-state index contributed by atoms with van der Waals surface area (Å²) in [5.74, 6) is -2.01. The zero-order chi connectivity index (χ0) is 32.8. The third kappa shape index (κ3) is 7.25. The van der Waals surface area contributed by atoms with Gasteiger partial charge < -0.3 is 25.5 Å². The molecule has 3 N–H and O–H groups in total. The van der Waals surface area contributed by atoms with Gasteiger partial charge in [0.1, 0.15) is 0 Å². The van der Waals surface area contributed by atoms with Crippen molar-refractivity contribution in [3.8, 4) is 6.07 Å². The van der Waals surface area contributed by atoms with Crippen LogP contribution in [0.4, 0.5) is 11.4 Å². The normalized spacial score (nSPS) is 16.6. The van der Waals surface area contributed by atoms with Gasteiger partial charge in [-0.2, -0.15) is 5.26 Å². The fourth-order valence-electron chi connectivity index (χ4n) is 5.54. The highest BCUT2D eigenvalue weighted by atomic mass is 32.1. The molecular weight excluding hydrogens is 602 g/mol. The van der Waals surface area contributed by atoms with Gasteiger partial charge in [-0.1, -0.05) is 24.3 Å². The Morgan fingerprint density at radius 1 is 0.891 bits per heavy atom. The van der Waals surface area contributed by atoms with Crippen molar-refractivity contribution in [2.24, 2.45) is 0 Å². The Morgan fingerprint density at radius 2 is 1.61 bits per heavy atom. The number of nitrogens with zero attached hydrogens (tertiary/aromatic N) is 3. The van der Waals surface area contributed by atoms with Crippen molar-refractivity contribution in [2.75, 3.05) is 23.3 Å². The van der Waals surface area contributed by atoms with E-state index in [0.29, 0.717) is 46.0 Å². The van der Waals surface area contributed by atoms with E-state index in [-0.39, 0.29) is 30.0 Å². The molecule has 3 unspecified atom stereocenters. The topological polar surface area (TPSA) is 143 Å². The first-order valence-corrected chi connectivity index (χ1v) is 15.7. The van der Waals surface area contributed by atoms with Gasteiger partial charge in [0.25, 0.3) is 17.7 Å². The van der Waals surface area contributed by atoms with Crippen molar-refractivity contribution >= 4 is 46.4 Å². The Hall–Kier alpha value is -5.47. The van der Waals surface area contributed by atoms with Crippen LogP contribution in [0, 0.1) is 11.3 Å². The molecule has 5 rings (SSSR count). The lowest BCUT2D eigenvalue weighted by Gasteiger charge is -2.45. The minimum Gasteiger partial charge on any atom is -0.481 e. The molecule has 234 valence electrons. The maximum Gasteiger partial charge on any atom is 0.305 e. The molecule has 3 aromatic carbocycles. The van der Waals surface area contributed by atoms with Crippen LogP contribution >= 0.6 is 11.3 Å². The van der Waals surface area contributed by atoms with Gasteiger partial charge in [-0.05, 0) is 79.9 Å². The van der Waals surface area contributed by atoms with E-state index in [0.717, 1.165) is 0 Å². The van der Waals surface area contributed by atoms with Crippen LogP contribution in [0.5, 0.6) is 0 Å². The van der Waals surface area contributed by atoms with E-state index < -0.39 is 23.8 Å². The van der Waals surface area contributed by atoms with Crippen LogP contribution < -0.4 is 15.5 Å². The first-order chi connectivity index (χ1) is 22.1. The molecule has 1 aromatic heterocycles. The zero-order valence-corrected chi connectivity index (χ0v) is 26.2. The molecule has 4 aromatic rings. The van der Waals surface area contributed by atoms with Crippen LogP contribution in [0.2, 0.25) is 0 Å². The number of nitriles is 1. The number of hydrogen-bond acceptors (Lipinski definition) is 7. The molecule has 1 aliphatic heterocycles. The molecule has 11 heteroatoms. The van der Waals surface area contributed by atoms with Crippen molar-refractivity contribution < 1.29 is 24.3 Å². The Balaban J connectivity index is 1.44. The summed E-state index contributed by atoms with van der Waals surface area (Å²) in [6.45, 7) is 4.90. The van der Waals surface area contributed by atoms with Gasteiger partial charge in [-0.25, -0.2) is 0 Å². The fraction of sp³-hybridized carbons (Fsp3) is 0.229. The second-order valence-corrected chi connectivity index (χ2v) is 12.2. The summed E-state index contributed by atoms with van der Waals surface area (Å²) < 4.78 is 0. The Kier molecular flexibility index (Phi) is 9.79. The second kappa shape index (κ2) is 14.1. The van der Waals surface area contributed by atoms with Crippen LogP contribution in [0.3, 0.4) is 0 Å². The minimum absolute atomic E-state index is 0.0531. The van der Waals surface area contributed by atoms with E-state index in [1.54, 1.807) is 66.7 Å². The molecule has 0 aliphatic carbocycles. The molecule has 46 heavy (non-hydrogen) atoms. The highest BCUT2D eigenvalue weighted by Gasteiger charge is 2.34. The lowest BCUT2D eigenvalue weighted by molar-refractivity contribution is -0.137. The number of carbonyl (C=O) groups is 4. The summed E-state index contributed by atoms with van der Waals surface area (Å²) in [4.78, 5) is 56.4.